The number of benzene rings is 1. The Kier molecular flexibility index (Phi) is 3.56. The molecule has 2 rings (SSSR count). The van der Waals surface area contributed by atoms with Gasteiger partial charge in [-0.25, -0.2) is 4.39 Å². The van der Waals surface area contributed by atoms with Crippen LogP contribution in [0.15, 0.2) is 30.5 Å². The van der Waals surface area contributed by atoms with Gasteiger partial charge in [0.2, 0.25) is 0 Å². The Morgan fingerprint density at radius 3 is 2.67 bits per heavy atom. The van der Waals surface area contributed by atoms with Crippen LogP contribution in [0.2, 0.25) is 0 Å². The highest BCUT2D eigenvalue weighted by Gasteiger charge is 2.27. The lowest BCUT2D eigenvalue weighted by atomic mass is 10.2. The molecule has 2 aromatic rings. The van der Waals surface area contributed by atoms with E-state index in [0.29, 0.717) is 11.9 Å². The molecular formula is C12H11F4NO. The van der Waals surface area contributed by atoms with Crippen molar-refractivity contribution in [2.45, 2.75) is 12.7 Å². The summed E-state index contributed by atoms with van der Waals surface area (Å²) in [5.41, 5.74) is 0.770. The average Bonchev–Trinajstić information content (AvgIpc) is 2.65. The molecule has 1 aromatic heterocycles. The van der Waals surface area contributed by atoms with Gasteiger partial charge in [0.15, 0.2) is 0 Å². The molecule has 1 aromatic carbocycles. The maximum Gasteiger partial charge on any atom is 0.411 e. The molecule has 0 aliphatic heterocycles. The van der Waals surface area contributed by atoms with E-state index in [1.807, 2.05) is 0 Å². The molecular weight excluding hydrogens is 250 g/mol. The van der Waals surface area contributed by atoms with Crippen molar-refractivity contribution in [3.8, 4) is 0 Å². The first-order valence-corrected chi connectivity index (χ1v) is 5.34. The summed E-state index contributed by atoms with van der Waals surface area (Å²) in [5.74, 6) is -0.339. The van der Waals surface area contributed by atoms with Crippen LogP contribution in [0.25, 0.3) is 10.9 Å². The number of fused-ring (bicyclic) bond motifs is 1. The molecule has 0 atom stereocenters. The quantitative estimate of drug-likeness (QED) is 0.608. The van der Waals surface area contributed by atoms with Gasteiger partial charge in [-0.3, -0.25) is 0 Å². The number of halogens is 4. The molecule has 6 heteroatoms. The molecule has 0 saturated carbocycles. The second-order valence-electron chi connectivity index (χ2n) is 3.88. The fraction of sp³-hybridized carbons (Fsp3) is 0.333. The Hall–Kier alpha value is -1.56. The zero-order chi connectivity index (χ0) is 13.2. The highest BCUT2D eigenvalue weighted by molar-refractivity contribution is 5.80. The zero-order valence-corrected chi connectivity index (χ0v) is 9.38. The molecule has 0 bridgehead atoms. The average molecular weight is 261 g/mol. The maximum absolute atomic E-state index is 12.9. The first kappa shape index (κ1) is 12.9. The van der Waals surface area contributed by atoms with Crippen LogP contribution in [0.4, 0.5) is 17.6 Å². The van der Waals surface area contributed by atoms with Gasteiger partial charge in [0, 0.05) is 23.6 Å². The van der Waals surface area contributed by atoms with Crippen molar-refractivity contribution in [3.05, 3.63) is 36.3 Å². The molecule has 0 unspecified atom stereocenters. The highest BCUT2D eigenvalue weighted by atomic mass is 19.4. The minimum Gasteiger partial charge on any atom is -0.370 e. The van der Waals surface area contributed by atoms with E-state index in [0.717, 1.165) is 5.52 Å². The van der Waals surface area contributed by atoms with E-state index in [1.165, 1.54) is 12.1 Å². The molecule has 0 aliphatic rings. The molecule has 0 fully saturated rings. The molecule has 18 heavy (non-hydrogen) atoms. The van der Waals surface area contributed by atoms with Crippen molar-refractivity contribution in [1.29, 1.82) is 0 Å². The Labute approximate surface area is 101 Å². The summed E-state index contributed by atoms with van der Waals surface area (Å²) >= 11 is 0. The monoisotopic (exact) mass is 261 g/mol. The van der Waals surface area contributed by atoms with Crippen LogP contribution in [0.1, 0.15) is 0 Å². The van der Waals surface area contributed by atoms with Gasteiger partial charge in [-0.05, 0) is 24.3 Å². The third kappa shape index (κ3) is 3.22. The SMILES string of the molecule is Fc1ccc2c(ccn2CCOCC(F)(F)F)c1. The number of nitrogens with zero attached hydrogens (tertiary/aromatic N) is 1. The van der Waals surface area contributed by atoms with Gasteiger partial charge < -0.3 is 9.30 Å². The van der Waals surface area contributed by atoms with Crippen molar-refractivity contribution in [3.63, 3.8) is 0 Å². The summed E-state index contributed by atoms with van der Waals surface area (Å²) in [7, 11) is 0. The molecule has 1 heterocycles. The van der Waals surface area contributed by atoms with E-state index in [4.69, 9.17) is 0 Å². The van der Waals surface area contributed by atoms with Crippen molar-refractivity contribution in [2.75, 3.05) is 13.2 Å². The van der Waals surface area contributed by atoms with Crippen LogP contribution in [-0.2, 0) is 11.3 Å². The summed E-state index contributed by atoms with van der Waals surface area (Å²) in [6, 6.07) is 5.99. The Morgan fingerprint density at radius 1 is 1.17 bits per heavy atom. The summed E-state index contributed by atoms with van der Waals surface area (Å²) < 4.78 is 54.7. The lowest BCUT2D eigenvalue weighted by molar-refractivity contribution is -0.174. The van der Waals surface area contributed by atoms with Crippen LogP contribution in [0.5, 0.6) is 0 Å². The summed E-state index contributed by atoms with van der Waals surface area (Å²) in [6.07, 6.45) is -2.61. The predicted octanol–water partition coefficient (Wildman–Crippen LogP) is 3.36. The largest absolute Gasteiger partial charge is 0.411 e. The van der Waals surface area contributed by atoms with Crippen molar-refractivity contribution in [2.24, 2.45) is 0 Å². The van der Waals surface area contributed by atoms with Gasteiger partial charge in [0.1, 0.15) is 12.4 Å². The van der Waals surface area contributed by atoms with Crippen molar-refractivity contribution >= 4 is 10.9 Å². The summed E-state index contributed by atoms with van der Waals surface area (Å²) in [5, 5.41) is 0.714. The van der Waals surface area contributed by atoms with E-state index >= 15 is 0 Å². The zero-order valence-electron chi connectivity index (χ0n) is 9.38. The van der Waals surface area contributed by atoms with Crippen molar-refractivity contribution in [1.82, 2.24) is 4.57 Å². The normalized spacial score (nSPS) is 12.2. The molecule has 0 radical (unpaired) electrons. The molecule has 0 spiro atoms. The van der Waals surface area contributed by atoms with Gasteiger partial charge in [-0.2, -0.15) is 13.2 Å². The number of rotatable bonds is 4. The van der Waals surface area contributed by atoms with Crippen molar-refractivity contribution < 1.29 is 22.3 Å². The standard InChI is InChI=1S/C12H11F4NO/c13-10-1-2-11-9(7-10)3-4-17(11)5-6-18-8-12(14,15)16/h1-4,7H,5-6,8H2. The first-order valence-electron chi connectivity index (χ1n) is 5.34. The van der Waals surface area contributed by atoms with E-state index < -0.39 is 12.8 Å². The van der Waals surface area contributed by atoms with Crippen LogP contribution >= 0.6 is 0 Å². The lowest BCUT2D eigenvalue weighted by Crippen LogP contribution is -2.18. The van der Waals surface area contributed by atoms with Gasteiger partial charge in [-0.1, -0.05) is 0 Å². The van der Waals surface area contributed by atoms with Gasteiger partial charge in [0.05, 0.1) is 6.61 Å². The Morgan fingerprint density at radius 2 is 1.94 bits per heavy atom. The maximum atomic E-state index is 12.9. The molecule has 2 nitrogen and oxygen atoms in total. The topological polar surface area (TPSA) is 14.2 Å². The fourth-order valence-electron chi connectivity index (χ4n) is 1.72. The summed E-state index contributed by atoms with van der Waals surface area (Å²) in [4.78, 5) is 0. The summed E-state index contributed by atoms with van der Waals surface area (Å²) in [6.45, 7) is -0.993. The first-order chi connectivity index (χ1) is 8.46. The van der Waals surface area contributed by atoms with E-state index in [1.54, 1.807) is 22.9 Å². The third-order valence-electron chi connectivity index (χ3n) is 2.48. The lowest BCUT2D eigenvalue weighted by Gasteiger charge is -2.09. The highest BCUT2D eigenvalue weighted by Crippen LogP contribution is 2.17. The predicted molar refractivity (Wildman–Crippen MR) is 58.8 cm³/mol. The minimum atomic E-state index is -4.30. The Bertz CT molecular complexity index is 532. The minimum absolute atomic E-state index is 0.0410. The van der Waals surface area contributed by atoms with Gasteiger partial charge in [0.25, 0.3) is 0 Å². The second kappa shape index (κ2) is 4.97. The van der Waals surface area contributed by atoms with Crippen LogP contribution in [-0.4, -0.2) is 24.0 Å². The number of hydrogen-bond donors (Lipinski definition) is 0. The second-order valence-corrected chi connectivity index (χ2v) is 3.88. The Balaban J connectivity index is 1.96. The third-order valence-corrected chi connectivity index (χ3v) is 2.48. The smallest absolute Gasteiger partial charge is 0.370 e. The molecule has 0 aliphatic carbocycles. The molecule has 0 saturated heterocycles. The van der Waals surface area contributed by atoms with Crippen LogP contribution < -0.4 is 0 Å². The van der Waals surface area contributed by atoms with E-state index in [-0.39, 0.29) is 12.4 Å². The van der Waals surface area contributed by atoms with Crippen LogP contribution in [0.3, 0.4) is 0 Å². The number of hydrogen-bond acceptors (Lipinski definition) is 1. The number of alkyl halides is 3. The van der Waals surface area contributed by atoms with Gasteiger partial charge in [-0.15, -0.1) is 0 Å². The number of aromatic nitrogens is 1. The fourth-order valence-corrected chi connectivity index (χ4v) is 1.72. The van der Waals surface area contributed by atoms with Crippen LogP contribution in [0, 0.1) is 5.82 Å². The molecule has 0 amide bonds. The van der Waals surface area contributed by atoms with Gasteiger partial charge >= 0.3 is 6.18 Å². The molecule has 0 N–H and O–H groups in total. The number of ether oxygens (including phenoxy) is 1. The van der Waals surface area contributed by atoms with E-state index in [2.05, 4.69) is 4.74 Å². The molecule has 98 valence electrons. The van der Waals surface area contributed by atoms with E-state index in [9.17, 15) is 17.6 Å².